The second-order valence-corrected chi connectivity index (χ2v) is 3.20. The van der Waals surface area contributed by atoms with E-state index < -0.39 is 0 Å². The van der Waals surface area contributed by atoms with Crippen LogP contribution in [0.2, 0.25) is 0 Å². The minimum absolute atomic E-state index is 0.110. The zero-order valence-electron chi connectivity index (χ0n) is 7.28. The van der Waals surface area contributed by atoms with Crippen molar-refractivity contribution in [1.29, 1.82) is 0 Å². The highest BCUT2D eigenvalue weighted by molar-refractivity contribution is 7.03. The number of ketones is 1. The first kappa shape index (κ1) is 8.88. The van der Waals surface area contributed by atoms with E-state index in [4.69, 9.17) is 0 Å². The predicted molar refractivity (Wildman–Crippen MR) is 46.7 cm³/mol. The fraction of sp³-hybridized carbons (Fsp3) is 0.333. The zero-order valence-corrected chi connectivity index (χ0v) is 8.10. The van der Waals surface area contributed by atoms with Gasteiger partial charge in [-0.2, -0.15) is 4.80 Å². The summed E-state index contributed by atoms with van der Waals surface area (Å²) in [4.78, 5) is 12.8. The van der Waals surface area contributed by atoms with Crippen molar-refractivity contribution in [2.75, 3.05) is 0 Å². The van der Waals surface area contributed by atoms with E-state index in [1.165, 1.54) is 4.80 Å². The number of Topliss-reactive ketones (excluding diaryl/α,β-unsaturated/α-hetero) is 1. The molecule has 2 heterocycles. The minimum atomic E-state index is -0.147. The van der Waals surface area contributed by atoms with Crippen LogP contribution in [0.25, 0.3) is 0 Å². The molecule has 0 aromatic carbocycles. The van der Waals surface area contributed by atoms with Crippen LogP contribution in [0.5, 0.6) is 0 Å². The van der Waals surface area contributed by atoms with Crippen LogP contribution in [-0.2, 0) is 13.5 Å². The van der Waals surface area contributed by atoms with Crippen molar-refractivity contribution < 1.29 is 4.79 Å². The Morgan fingerprint density at radius 1 is 1.57 bits per heavy atom. The third kappa shape index (κ3) is 1.79. The van der Waals surface area contributed by atoms with Gasteiger partial charge in [-0.05, 0) is 16.7 Å². The number of carbonyl (C=O) groups excluding carboxylic acids is 1. The quantitative estimate of drug-likeness (QED) is 0.634. The summed E-state index contributed by atoms with van der Waals surface area (Å²) < 4.78 is 3.60. The van der Waals surface area contributed by atoms with E-state index in [0.29, 0.717) is 11.5 Å². The van der Waals surface area contributed by atoms with Crippen LogP contribution in [0, 0.1) is 0 Å². The molecule has 0 bridgehead atoms. The number of nitrogens with zero attached hydrogens (tertiary/aromatic N) is 6. The van der Waals surface area contributed by atoms with E-state index in [0.717, 1.165) is 11.5 Å². The van der Waals surface area contributed by atoms with Crippen molar-refractivity contribution in [2.45, 2.75) is 6.42 Å². The second kappa shape index (κ2) is 3.58. The molecule has 0 aliphatic rings. The second-order valence-electron chi connectivity index (χ2n) is 2.59. The average Bonchev–Trinajstić information content (AvgIpc) is 2.75. The van der Waals surface area contributed by atoms with Crippen LogP contribution in [0.4, 0.5) is 0 Å². The molecule has 0 spiro atoms. The Morgan fingerprint density at radius 2 is 2.43 bits per heavy atom. The van der Waals surface area contributed by atoms with Crippen molar-refractivity contribution in [1.82, 2.24) is 29.8 Å². The number of aryl methyl sites for hydroxylation is 1. The molecule has 2 rings (SSSR count). The molecule has 0 amide bonds. The van der Waals surface area contributed by atoms with Crippen molar-refractivity contribution in [3.05, 3.63) is 16.9 Å². The lowest BCUT2D eigenvalue weighted by Crippen LogP contribution is -2.06. The minimum Gasteiger partial charge on any atom is -0.292 e. The van der Waals surface area contributed by atoms with Crippen LogP contribution in [0.1, 0.15) is 16.3 Å². The predicted octanol–water partition coefficient (Wildman–Crippen LogP) is -0.513. The third-order valence-electron chi connectivity index (χ3n) is 1.51. The molecule has 0 fully saturated rings. The molecule has 0 radical (unpaired) electrons. The molecule has 7 nitrogen and oxygen atoms in total. The van der Waals surface area contributed by atoms with Gasteiger partial charge in [0.15, 0.2) is 11.6 Å². The lowest BCUT2D eigenvalue weighted by atomic mass is 10.2. The van der Waals surface area contributed by atoms with Crippen LogP contribution < -0.4 is 0 Å². The van der Waals surface area contributed by atoms with Gasteiger partial charge in [0, 0.05) is 5.38 Å². The largest absolute Gasteiger partial charge is 0.292 e. The Labute approximate surface area is 82.9 Å². The van der Waals surface area contributed by atoms with Gasteiger partial charge >= 0.3 is 0 Å². The molecular formula is C6H6N6OS. The molecule has 0 saturated carbocycles. The number of aromatic nitrogens is 6. The third-order valence-corrected chi connectivity index (χ3v) is 2.02. The average molecular weight is 210 g/mol. The maximum atomic E-state index is 11.5. The van der Waals surface area contributed by atoms with E-state index in [9.17, 15) is 4.79 Å². The molecule has 0 atom stereocenters. The Morgan fingerprint density at radius 3 is 3.00 bits per heavy atom. The first-order chi connectivity index (χ1) is 6.75. The molecule has 2 aromatic rings. The number of carbonyl (C=O) groups is 1. The van der Waals surface area contributed by atoms with Crippen LogP contribution in [-0.4, -0.2) is 35.6 Å². The molecule has 0 aliphatic carbocycles. The monoisotopic (exact) mass is 210 g/mol. The summed E-state index contributed by atoms with van der Waals surface area (Å²) in [7, 11) is 1.64. The number of hydrogen-bond acceptors (Lipinski definition) is 7. The molecular weight excluding hydrogens is 204 g/mol. The van der Waals surface area contributed by atoms with Gasteiger partial charge in [0.05, 0.1) is 13.5 Å². The van der Waals surface area contributed by atoms with E-state index in [1.807, 2.05) is 0 Å². The Kier molecular flexibility index (Phi) is 2.27. The summed E-state index contributed by atoms with van der Waals surface area (Å²) in [6.45, 7) is 0. The van der Waals surface area contributed by atoms with Crippen molar-refractivity contribution in [3.63, 3.8) is 0 Å². The van der Waals surface area contributed by atoms with Gasteiger partial charge in [0.25, 0.3) is 0 Å². The maximum absolute atomic E-state index is 11.5. The summed E-state index contributed by atoms with van der Waals surface area (Å²) in [6.07, 6.45) is 0.110. The molecule has 0 aliphatic heterocycles. The summed E-state index contributed by atoms with van der Waals surface area (Å²) in [5.41, 5.74) is 0.349. The molecule has 0 saturated heterocycles. The zero-order chi connectivity index (χ0) is 9.97. The smallest absolute Gasteiger partial charge is 0.191 e. The maximum Gasteiger partial charge on any atom is 0.191 e. The van der Waals surface area contributed by atoms with E-state index in [2.05, 4.69) is 25.0 Å². The first-order valence-electron chi connectivity index (χ1n) is 3.79. The van der Waals surface area contributed by atoms with E-state index in [-0.39, 0.29) is 12.2 Å². The lowest BCUT2D eigenvalue weighted by molar-refractivity contribution is 0.0986. The van der Waals surface area contributed by atoms with Gasteiger partial charge < -0.3 is 0 Å². The molecule has 0 N–H and O–H groups in total. The highest BCUT2D eigenvalue weighted by Crippen LogP contribution is 2.01. The lowest BCUT2D eigenvalue weighted by Gasteiger charge is -1.89. The van der Waals surface area contributed by atoms with E-state index in [1.54, 1.807) is 12.4 Å². The fourth-order valence-electron chi connectivity index (χ4n) is 0.914. The standard InChI is InChI=1S/C6H6N6OS/c1-12-9-6(8-10-12)2-5(13)4-3-14-11-7-4/h3H,2H2,1H3. The molecule has 72 valence electrons. The SMILES string of the molecule is Cn1nnc(CC(=O)c2csnn2)n1. The Hall–Kier alpha value is -1.70. The van der Waals surface area contributed by atoms with Gasteiger partial charge in [0.1, 0.15) is 5.69 Å². The number of hydrogen-bond donors (Lipinski definition) is 0. The molecule has 14 heavy (non-hydrogen) atoms. The number of tetrazole rings is 1. The fourth-order valence-corrected chi connectivity index (χ4v) is 1.38. The van der Waals surface area contributed by atoms with E-state index >= 15 is 0 Å². The molecule has 8 heteroatoms. The summed E-state index contributed by atoms with van der Waals surface area (Å²) in [6, 6.07) is 0. The van der Waals surface area contributed by atoms with Gasteiger partial charge in [0.2, 0.25) is 0 Å². The summed E-state index contributed by atoms with van der Waals surface area (Å²) >= 11 is 1.14. The highest BCUT2D eigenvalue weighted by Gasteiger charge is 2.12. The van der Waals surface area contributed by atoms with Gasteiger partial charge in [-0.25, -0.2) is 0 Å². The molecule has 0 unspecified atom stereocenters. The van der Waals surface area contributed by atoms with Gasteiger partial charge in [-0.1, -0.05) is 4.49 Å². The van der Waals surface area contributed by atoms with Gasteiger partial charge in [-0.3, -0.25) is 4.79 Å². The Bertz CT molecular complexity index is 435. The highest BCUT2D eigenvalue weighted by atomic mass is 32.1. The van der Waals surface area contributed by atoms with Crippen molar-refractivity contribution in [2.24, 2.45) is 7.05 Å². The van der Waals surface area contributed by atoms with Crippen molar-refractivity contribution >= 4 is 17.3 Å². The first-order valence-corrected chi connectivity index (χ1v) is 4.62. The van der Waals surface area contributed by atoms with Crippen molar-refractivity contribution in [3.8, 4) is 0 Å². The van der Waals surface area contributed by atoms with Crippen LogP contribution in [0.3, 0.4) is 0 Å². The molecule has 2 aromatic heterocycles. The summed E-state index contributed by atoms with van der Waals surface area (Å²) in [5, 5.41) is 16.5. The van der Waals surface area contributed by atoms with Crippen LogP contribution in [0.15, 0.2) is 5.38 Å². The summed E-state index contributed by atoms with van der Waals surface area (Å²) in [5.74, 6) is 0.247. The number of rotatable bonds is 3. The van der Waals surface area contributed by atoms with Crippen LogP contribution >= 0.6 is 11.5 Å². The topological polar surface area (TPSA) is 86.5 Å². The normalized spacial score (nSPS) is 10.4. The van der Waals surface area contributed by atoms with Gasteiger partial charge in [-0.15, -0.1) is 15.3 Å². The Balaban J connectivity index is 2.09.